The van der Waals surface area contributed by atoms with Crippen molar-refractivity contribution in [2.45, 2.75) is 24.5 Å². The molecule has 9 nitrogen and oxygen atoms in total. The average Bonchev–Trinajstić information content (AvgIpc) is 2.93. The van der Waals surface area contributed by atoms with Crippen LogP contribution in [0.2, 0.25) is 5.15 Å². The Morgan fingerprint density at radius 2 is 2.10 bits per heavy atom. The fourth-order valence-corrected chi connectivity index (χ4v) is 2.41. The van der Waals surface area contributed by atoms with E-state index in [0.29, 0.717) is 5.52 Å². The number of nitrogens with two attached hydrogens (primary N) is 1. The summed E-state index contributed by atoms with van der Waals surface area (Å²) in [4.78, 5) is 11.8. The third-order valence-electron chi connectivity index (χ3n) is 3.19. The minimum Gasteiger partial charge on any atom is -0.394 e. The Labute approximate surface area is 117 Å². The van der Waals surface area contributed by atoms with Gasteiger partial charge in [-0.15, -0.1) is 0 Å². The lowest BCUT2D eigenvalue weighted by Crippen LogP contribution is -2.33. The lowest BCUT2D eigenvalue weighted by Gasteiger charge is -2.16. The molecule has 1 fully saturated rings. The van der Waals surface area contributed by atoms with E-state index in [1.54, 1.807) is 0 Å². The van der Waals surface area contributed by atoms with E-state index in [0.717, 1.165) is 0 Å². The first-order valence-corrected chi connectivity index (χ1v) is 6.18. The smallest absolute Gasteiger partial charge is 0.223 e. The number of hydrogen-bond acceptors (Lipinski definition) is 8. The fourth-order valence-electron chi connectivity index (χ4n) is 2.19. The van der Waals surface area contributed by atoms with Crippen LogP contribution in [0.3, 0.4) is 0 Å². The molecule has 0 bridgehead atoms. The van der Waals surface area contributed by atoms with Gasteiger partial charge in [-0.3, -0.25) is 4.57 Å². The zero-order chi connectivity index (χ0) is 14.4. The molecule has 108 valence electrons. The zero-order valence-electron chi connectivity index (χ0n) is 10.1. The minimum absolute atomic E-state index is 0.0454. The average molecular weight is 302 g/mol. The molecule has 4 atom stereocenters. The SMILES string of the molecule is Nc1nc(Cl)c2ncn([C@@H]3O[C@@H](CO)[C@H](O)[C@@H]3O)c2n1. The van der Waals surface area contributed by atoms with Gasteiger partial charge in [0.25, 0.3) is 0 Å². The third-order valence-corrected chi connectivity index (χ3v) is 3.45. The first kappa shape index (κ1) is 13.5. The van der Waals surface area contributed by atoms with Gasteiger partial charge in [0, 0.05) is 0 Å². The number of nitrogen functional groups attached to an aromatic ring is 1. The van der Waals surface area contributed by atoms with Gasteiger partial charge in [-0.25, -0.2) is 4.98 Å². The van der Waals surface area contributed by atoms with Crippen LogP contribution in [-0.2, 0) is 4.74 Å². The number of halogens is 1. The zero-order valence-corrected chi connectivity index (χ0v) is 10.8. The number of fused-ring (bicyclic) bond motifs is 1. The standard InChI is InChI=1S/C10H12ClN5O4/c11-7-4-8(15-10(12)14-7)16(2-13-4)9-6(19)5(18)3(1-17)20-9/h2-3,5-6,9,17-19H,1H2,(H2,12,14,15)/t3-,5-,6-,9+/m0/s1. The van der Waals surface area contributed by atoms with Crippen molar-refractivity contribution in [3.63, 3.8) is 0 Å². The van der Waals surface area contributed by atoms with Gasteiger partial charge in [-0.05, 0) is 0 Å². The van der Waals surface area contributed by atoms with Crippen molar-refractivity contribution in [1.29, 1.82) is 0 Å². The summed E-state index contributed by atoms with van der Waals surface area (Å²) >= 11 is 5.90. The van der Waals surface area contributed by atoms with E-state index < -0.39 is 31.1 Å². The maximum atomic E-state index is 9.99. The first-order chi connectivity index (χ1) is 9.52. The molecular formula is C10H12ClN5O4. The predicted octanol–water partition coefficient (Wildman–Crippen LogP) is -1.33. The highest BCUT2D eigenvalue weighted by atomic mass is 35.5. The van der Waals surface area contributed by atoms with Crippen LogP contribution in [0.5, 0.6) is 0 Å². The Morgan fingerprint density at radius 1 is 1.35 bits per heavy atom. The number of ether oxygens (including phenoxy) is 1. The van der Waals surface area contributed by atoms with Gasteiger partial charge in [0.2, 0.25) is 5.95 Å². The Bertz CT molecular complexity index is 650. The van der Waals surface area contributed by atoms with Gasteiger partial charge in [0.15, 0.2) is 17.0 Å². The lowest BCUT2D eigenvalue weighted by molar-refractivity contribution is -0.0511. The van der Waals surface area contributed by atoms with Crippen molar-refractivity contribution in [3.8, 4) is 0 Å². The van der Waals surface area contributed by atoms with E-state index in [1.165, 1.54) is 10.9 Å². The number of aliphatic hydroxyl groups is 3. The largest absolute Gasteiger partial charge is 0.394 e. The maximum Gasteiger partial charge on any atom is 0.223 e. The Hall–Kier alpha value is -1.52. The van der Waals surface area contributed by atoms with E-state index in [4.69, 9.17) is 27.2 Å². The quantitative estimate of drug-likeness (QED) is 0.500. The summed E-state index contributed by atoms with van der Waals surface area (Å²) in [6.07, 6.45) is -2.93. The number of rotatable bonds is 2. The van der Waals surface area contributed by atoms with Crippen molar-refractivity contribution in [2.75, 3.05) is 12.3 Å². The molecule has 0 aliphatic carbocycles. The van der Waals surface area contributed by atoms with E-state index in [-0.39, 0.29) is 16.7 Å². The number of nitrogens with zero attached hydrogens (tertiary/aromatic N) is 4. The van der Waals surface area contributed by atoms with Crippen LogP contribution in [0.15, 0.2) is 6.33 Å². The third kappa shape index (κ3) is 1.91. The van der Waals surface area contributed by atoms with Crippen molar-refractivity contribution >= 4 is 28.7 Å². The van der Waals surface area contributed by atoms with Crippen LogP contribution in [0.1, 0.15) is 6.23 Å². The minimum atomic E-state index is -1.24. The maximum absolute atomic E-state index is 9.99. The van der Waals surface area contributed by atoms with Gasteiger partial charge in [-0.2, -0.15) is 9.97 Å². The van der Waals surface area contributed by atoms with Gasteiger partial charge < -0.3 is 25.8 Å². The molecule has 1 aliphatic heterocycles. The Kier molecular flexibility index (Phi) is 3.22. The lowest BCUT2D eigenvalue weighted by atomic mass is 10.1. The Morgan fingerprint density at radius 3 is 2.75 bits per heavy atom. The first-order valence-electron chi connectivity index (χ1n) is 5.81. The van der Waals surface area contributed by atoms with Crippen LogP contribution in [0.4, 0.5) is 5.95 Å². The van der Waals surface area contributed by atoms with Crippen molar-refractivity contribution < 1.29 is 20.1 Å². The number of aliphatic hydroxyl groups excluding tert-OH is 3. The van der Waals surface area contributed by atoms with E-state index >= 15 is 0 Å². The van der Waals surface area contributed by atoms with Gasteiger partial charge in [-0.1, -0.05) is 11.6 Å². The summed E-state index contributed by atoms with van der Waals surface area (Å²) in [5.74, 6) is -0.0454. The summed E-state index contributed by atoms with van der Waals surface area (Å²) < 4.78 is 6.79. The molecule has 0 amide bonds. The second-order valence-corrected chi connectivity index (χ2v) is 4.78. The molecule has 1 aliphatic rings. The fraction of sp³-hybridized carbons (Fsp3) is 0.500. The molecule has 3 heterocycles. The molecule has 0 radical (unpaired) electrons. The van der Waals surface area contributed by atoms with Crippen LogP contribution in [0.25, 0.3) is 11.2 Å². The summed E-state index contributed by atoms with van der Waals surface area (Å²) in [5.41, 5.74) is 6.11. The molecule has 2 aromatic heterocycles. The molecule has 3 rings (SSSR count). The molecule has 0 spiro atoms. The summed E-state index contributed by atoms with van der Waals surface area (Å²) in [5, 5.41) is 28.9. The van der Waals surface area contributed by atoms with Crippen LogP contribution < -0.4 is 5.73 Å². The normalized spacial score (nSPS) is 30.2. The van der Waals surface area contributed by atoms with E-state index in [2.05, 4.69) is 15.0 Å². The Balaban J connectivity index is 2.07. The summed E-state index contributed by atoms with van der Waals surface area (Å²) in [6, 6.07) is 0. The molecule has 10 heteroatoms. The van der Waals surface area contributed by atoms with Gasteiger partial charge >= 0.3 is 0 Å². The second kappa shape index (κ2) is 4.79. The molecule has 2 aromatic rings. The van der Waals surface area contributed by atoms with Crippen LogP contribution in [-0.4, -0.2) is 59.8 Å². The van der Waals surface area contributed by atoms with Gasteiger partial charge in [0.1, 0.15) is 23.8 Å². The number of aromatic nitrogens is 4. The monoisotopic (exact) mass is 301 g/mol. The van der Waals surface area contributed by atoms with E-state index in [1.807, 2.05) is 0 Å². The predicted molar refractivity (Wildman–Crippen MR) is 67.8 cm³/mol. The molecule has 0 unspecified atom stereocenters. The van der Waals surface area contributed by atoms with Crippen molar-refractivity contribution in [2.24, 2.45) is 0 Å². The van der Waals surface area contributed by atoms with Crippen LogP contribution in [0, 0.1) is 0 Å². The highest BCUT2D eigenvalue weighted by molar-refractivity contribution is 6.33. The second-order valence-electron chi connectivity index (χ2n) is 4.43. The molecule has 0 aromatic carbocycles. The molecule has 20 heavy (non-hydrogen) atoms. The number of imidazole rings is 1. The molecule has 5 N–H and O–H groups in total. The summed E-state index contributed by atoms with van der Waals surface area (Å²) in [6.45, 7) is -0.417. The van der Waals surface area contributed by atoms with E-state index in [9.17, 15) is 10.2 Å². The molecule has 1 saturated heterocycles. The number of anilines is 1. The van der Waals surface area contributed by atoms with Crippen LogP contribution >= 0.6 is 11.6 Å². The van der Waals surface area contributed by atoms with Gasteiger partial charge in [0.05, 0.1) is 12.9 Å². The summed E-state index contributed by atoms with van der Waals surface area (Å²) in [7, 11) is 0. The highest BCUT2D eigenvalue weighted by Crippen LogP contribution is 2.32. The number of hydrogen-bond donors (Lipinski definition) is 4. The topological polar surface area (TPSA) is 140 Å². The van der Waals surface area contributed by atoms with Crippen molar-refractivity contribution in [3.05, 3.63) is 11.5 Å². The highest BCUT2D eigenvalue weighted by Gasteiger charge is 2.44. The van der Waals surface area contributed by atoms with Crippen molar-refractivity contribution in [1.82, 2.24) is 19.5 Å². The molecular weight excluding hydrogens is 290 g/mol. The molecule has 0 saturated carbocycles.